The Morgan fingerprint density at radius 3 is 2.13 bits per heavy atom. The van der Waals surface area contributed by atoms with Gasteiger partial charge in [0.05, 0.1) is 18.1 Å². The first kappa shape index (κ1) is 14.2. The van der Waals surface area contributed by atoms with Gasteiger partial charge in [-0.1, -0.05) is 24.3 Å². The molecule has 1 aliphatic heterocycles. The zero-order chi connectivity index (χ0) is 16.1. The molecule has 4 rings (SSSR count). The van der Waals surface area contributed by atoms with E-state index in [0.29, 0.717) is 0 Å². The molecule has 3 aliphatic rings. The summed E-state index contributed by atoms with van der Waals surface area (Å²) in [5.41, 5.74) is 1.96. The fourth-order valence-corrected chi connectivity index (χ4v) is 3.98. The van der Waals surface area contributed by atoms with Gasteiger partial charge >= 0.3 is 0 Å². The van der Waals surface area contributed by atoms with E-state index in [2.05, 4.69) is 17.3 Å². The van der Waals surface area contributed by atoms with Crippen molar-refractivity contribution in [2.24, 2.45) is 28.8 Å². The van der Waals surface area contributed by atoms with Gasteiger partial charge in [-0.15, -0.1) is 0 Å². The van der Waals surface area contributed by atoms with Crippen LogP contribution in [0.1, 0.15) is 12.0 Å². The van der Waals surface area contributed by atoms with Crippen molar-refractivity contribution in [3.05, 3.63) is 42.0 Å². The van der Waals surface area contributed by atoms with Crippen LogP contribution in [0.2, 0.25) is 0 Å². The molecule has 118 valence electrons. The van der Waals surface area contributed by atoms with Gasteiger partial charge in [-0.2, -0.15) is 10.1 Å². The van der Waals surface area contributed by atoms with E-state index >= 15 is 0 Å². The Balaban J connectivity index is 1.53. The highest BCUT2D eigenvalue weighted by molar-refractivity contribution is 6.06. The number of benzene rings is 1. The SMILES string of the molecule is CN(C)c1ccc(C=NN2C(=O)[C@@H]3[C@H](C2=O)[C@H]2C=C[C@H]3C2)cc1. The van der Waals surface area contributed by atoms with Gasteiger partial charge in [-0.3, -0.25) is 9.59 Å². The summed E-state index contributed by atoms with van der Waals surface area (Å²) >= 11 is 0. The highest BCUT2D eigenvalue weighted by Crippen LogP contribution is 2.52. The van der Waals surface area contributed by atoms with Crippen molar-refractivity contribution in [1.29, 1.82) is 0 Å². The van der Waals surface area contributed by atoms with Gasteiger partial charge in [0.1, 0.15) is 0 Å². The summed E-state index contributed by atoms with van der Waals surface area (Å²) in [4.78, 5) is 27.0. The molecule has 0 spiro atoms. The fraction of sp³-hybridized carbons (Fsp3) is 0.389. The summed E-state index contributed by atoms with van der Waals surface area (Å²) in [6.45, 7) is 0. The van der Waals surface area contributed by atoms with Crippen molar-refractivity contribution in [3.8, 4) is 0 Å². The summed E-state index contributed by atoms with van der Waals surface area (Å²) in [6.07, 6.45) is 6.70. The van der Waals surface area contributed by atoms with Crippen LogP contribution in [0, 0.1) is 23.7 Å². The van der Waals surface area contributed by atoms with E-state index in [0.717, 1.165) is 22.7 Å². The molecule has 2 bridgehead atoms. The predicted molar refractivity (Wildman–Crippen MR) is 87.9 cm³/mol. The van der Waals surface area contributed by atoms with E-state index in [-0.39, 0.29) is 35.5 Å². The second-order valence-corrected chi connectivity index (χ2v) is 6.72. The van der Waals surface area contributed by atoms with E-state index in [4.69, 9.17) is 0 Å². The van der Waals surface area contributed by atoms with E-state index in [1.807, 2.05) is 43.3 Å². The Hall–Kier alpha value is -2.43. The van der Waals surface area contributed by atoms with Crippen LogP contribution in [0.3, 0.4) is 0 Å². The number of anilines is 1. The molecule has 23 heavy (non-hydrogen) atoms. The number of hydrazone groups is 1. The molecule has 0 N–H and O–H groups in total. The molecule has 1 heterocycles. The maximum atomic E-state index is 12.5. The maximum absolute atomic E-state index is 12.5. The lowest BCUT2D eigenvalue weighted by atomic mass is 9.85. The van der Waals surface area contributed by atoms with E-state index < -0.39 is 0 Å². The molecule has 1 aromatic rings. The predicted octanol–water partition coefficient (Wildman–Crippen LogP) is 1.89. The van der Waals surface area contributed by atoms with Gasteiger partial charge in [0.2, 0.25) is 0 Å². The molecule has 0 radical (unpaired) electrons. The monoisotopic (exact) mass is 309 g/mol. The Morgan fingerprint density at radius 1 is 1.04 bits per heavy atom. The quantitative estimate of drug-likeness (QED) is 0.487. The molecular formula is C18H19N3O2. The lowest BCUT2D eigenvalue weighted by Gasteiger charge is -2.13. The van der Waals surface area contributed by atoms with E-state index in [1.165, 1.54) is 0 Å². The number of amides is 2. The largest absolute Gasteiger partial charge is 0.378 e. The Kier molecular flexibility index (Phi) is 3.11. The fourth-order valence-electron chi connectivity index (χ4n) is 3.98. The number of allylic oxidation sites excluding steroid dienone is 2. The van der Waals surface area contributed by atoms with Gasteiger partial charge in [-0.25, -0.2) is 0 Å². The van der Waals surface area contributed by atoms with Gasteiger partial charge in [0.25, 0.3) is 11.8 Å². The number of rotatable bonds is 3. The Morgan fingerprint density at radius 2 is 1.61 bits per heavy atom. The summed E-state index contributed by atoms with van der Waals surface area (Å²) < 4.78 is 0. The third-order valence-electron chi connectivity index (χ3n) is 5.18. The summed E-state index contributed by atoms with van der Waals surface area (Å²) in [6, 6.07) is 7.81. The normalized spacial score (nSPS) is 31.5. The molecule has 1 saturated carbocycles. The number of carbonyl (C=O) groups excluding carboxylic acids is 2. The first-order chi connectivity index (χ1) is 11.1. The number of imide groups is 1. The first-order valence-corrected chi connectivity index (χ1v) is 7.94. The number of fused-ring (bicyclic) bond motifs is 5. The van der Waals surface area contributed by atoms with Crippen LogP contribution >= 0.6 is 0 Å². The van der Waals surface area contributed by atoms with Gasteiger partial charge in [-0.05, 0) is 36.0 Å². The molecule has 0 aromatic heterocycles. The third kappa shape index (κ3) is 2.11. The maximum Gasteiger partial charge on any atom is 0.254 e. The second-order valence-electron chi connectivity index (χ2n) is 6.72. The molecule has 2 fully saturated rings. The van der Waals surface area contributed by atoms with Crippen LogP contribution in [0.5, 0.6) is 0 Å². The topological polar surface area (TPSA) is 53.0 Å². The van der Waals surface area contributed by atoms with Crippen molar-refractivity contribution in [2.45, 2.75) is 6.42 Å². The first-order valence-electron chi connectivity index (χ1n) is 7.94. The average molecular weight is 309 g/mol. The number of nitrogens with zero attached hydrogens (tertiary/aromatic N) is 3. The van der Waals surface area contributed by atoms with Crippen molar-refractivity contribution >= 4 is 23.7 Å². The van der Waals surface area contributed by atoms with Crippen molar-refractivity contribution in [2.75, 3.05) is 19.0 Å². The van der Waals surface area contributed by atoms with Gasteiger partial charge < -0.3 is 4.90 Å². The third-order valence-corrected chi connectivity index (χ3v) is 5.18. The van der Waals surface area contributed by atoms with Gasteiger partial charge in [0.15, 0.2) is 0 Å². The van der Waals surface area contributed by atoms with Crippen LogP contribution in [0.25, 0.3) is 0 Å². The lowest BCUT2D eigenvalue weighted by molar-refractivity contribution is -0.140. The molecule has 2 aliphatic carbocycles. The summed E-state index contributed by atoms with van der Waals surface area (Å²) in [5, 5.41) is 5.26. The van der Waals surface area contributed by atoms with E-state index in [9.17, 15) is 9.59 Å². The Bertz CT molecular complexity index is 690. The van der Waals surface area contributed by atoms with Crippen LogP contribution < -0.4 is 4.90 Å². The zero-order valence-corrected chi connectivity index (χ0v) is 13.2. The van der Waals surface area contributed by atoms with Crippen molar-refractivity contribution < 1.29 is 9.59 Å². The number of hydrogen-bond donors (Lipinski definition) is 0. The van der Waals surface area contributed by atoms with Crippen LogP contribution in [0.4, 0.5) is 5.69 Å². The molecule has 0 unspecified atom stereocenters. The zero-order valence-electron chi connectivity index (χ0n) is 13.2. The molecule has 2 amide bonds. The molecule has 5 nitrogen and oxygen atoms in total. The number of carbonyl (C=O) groups is 2. The minimum absolute atomic E-state index is 0.141. The highest BCUT2D eigenvalue weighted by atomic mass is 16.2. The van der Waals surface area contributed by atoms with Crippen LogP contribution in [0.15, 0.2) is 41.5 Å². The molecular weight excluding hydrogens is 290 g/mol. The van der Waals surface area contributed by atoms with E-state index in [1.54, 1.807) is 6.21 Å². The smallest absolute Gasteiger partial charge is 0.254 e. The minimum atomic E-state index is -0.189. The van der Waals surface area contributed by atoms with Crippen molar-refractivity contribution in [1.82, 2.24) is 5.01 Å². The standard InChI is InChI=1S/C18H19N3O2/c1-20(2)14-7-3-11(4-8-14)10-19-21-17(22)15-12-5-6-13(9-12)16(15)18(21)23/h3-8,10,12-13,15-16H,9H2,1-2H3/t12-,13-,15-,16+/m0/s1. The van der Waals surface area contributed by atoms with Crippen LogP contribution in [-0.4, -0.2) is 37.1 Å². The second kappa shape index (κ2) is 5.05. The summed E-state index contributed by atoms with van der Waals surface area (Å²) in [7, 11) is 3.96. The Labute approximate surface area is 135 Å². The number of hydrogen-bond acceptors (Lipinski definition) is 4. The van der Waals surface area contributed by atoms with Crippen molar-refractivity contribution in [3.63, 3.8) is 0 Å². The molecule has 1 aromatic carbocycles. The van der Waals surface area contributed by atoms with Gasteiger partial charge in [0, 0.05) is 19.8 Å². The molecule has 1 saturated heterocycles. The van der Waals surface area contributed by atoms with Crippen LogP contribution in [-0.2, 0) is 9.59 Å². The minimum Gasteiger partial charge on any atom is -0.378 e. The molecule has 4 atom stereocenters. The lowest BCUT2D eigenvalue weighted by Crippen LogP contribution is -2.28. The highest BCUT2D eigenvalue weighted by Gasteiger charge is 2.59. The summed E-state index contributed by atoms with van der Waals surface area (Å²) in [5.74, 6) is -0.213. The molecule has 5 heteroatoms. The average Bonchev–Trinajstić information content (AvgIpc) is 3.21.